The number of aliphatic hydroxyl groups is 1. The van der Waals surface area contributed by atoms with E-state index < -0.39 is 13.0 Å². The first kappa shape index (κ1) is 13.9. The van der Waals surface area contributed by atoms with E-state index in [1.54, 1.807) is 6.07 Å². The van der Waals surface area contributed by atoms with Crippen molar-refractivity contribution in [1.82, 2.24) is 0 Å². The second-order valence-corrected chi connectivity index (χ2v) is 3.76. The summed E-state index contributed by atoms with van der Waals surface area (Å²) in [5.74, 6) is 0. The van der Waals surface area contributed by atoms with Crippen LogP contribution in [0, 0.1) is 0 Å². The van der Waals surface area contributed by atoms with Crippen LogP contribution in [0.1, 0.15) is 10.4 Å². The van der Waals surface area contributed by atoms with Crippen LogP contribution in [0.3, 0.4) is 0 Å². The third kappa shape index (κ3) is 3.64. The number of carbonyl (C=O) groups excluding carboxylic acids is 1. The third-order valence-electron chi connectivity index (χ3n) is 2.22. The van der Waals surface area contributed by atoms with Crippen molar-refractivity contribution in [1.29, 1.82) is 0 Å². The van der Waals surface area contributed by atoms with Crippen LogP contribution in [0.4, 0.5) is 14.5 Å². The molecule has 0 unspecified atom stereocenters. The highest BCUT2D eigenvalue weighted by atomic mass is 35.5. The molecule has 0 atom stereocenters. The highest BCUT2D eigenvalue weighted by Crippen LogP contribution is 2.26. The molecule has 0 aromatic heterocycles. The summed E-state index contributed by atoms with van der Waals surface area (Å²) < 4.78 is 24.8. The lowest BCUT2D eigenvalue weighted by Crippen LogP contribution is -2.32. The molecule has 0 aliphatic rings. The summed E-state index contributed by atoms with van der Waals surface area (Å²) >= 11 is 5.80. The number of hydrogen-bond donors (Lipinski definition) is 1. The minimum atomic E-state index is -2.56. The lowest BCUT2D eigenvalue weighted by Gasteiger charge is -2.25. The topological polar surface area (TPSA) is 40.5 Å². The summed E-state index contributed by atoms with van der Waals surface area (Å²) in [5, 5.41) is 9.04. The van der Waals surface area contributed by atoms with E-state index in [0.29, 0.717) is 12.0 Å². The van der Waals surface area contributed by atoms with E-state index in [4.69, 9.17) is 16.7 Å². The van der Waals surface area contributed by atoms with Crippen LogP contribution in [-0.2, 0) is 0 Å². The first-order valence-electron chi connectivity index (χ1n) is 4.97. The Hall–Kier alpha value is -1.20. The molecular formula is C11H12ClF2NO2. The standard InChI is InChI=1S/C11H12ClF2NO2/c12-9-2-1-3-10(8(9)7-17)15(4-5-16)6-11(13)14/h1-3,7,11,16H,4-6H2. The van der Waals surface area contributed by atoms with Crippen LogP contribution in [0.2, 0.25) is 5.02 Å². The zero-order chi connectivity index (χ0) is 12.8. The van der Waals surface area contributed by atoms with E-state index in [2.05, 4.69) is 0 Å². The maximum Gasteiger partial charge on any atom is 0.255 e. The minimum absolute atomic E-state index is 0.0194. The van der Waals surface area contributed by atoms with Crippen molar-refractivity contribution in [2.45, 2.75) is 6.43 Å². The Bertz CT molecular complexity index is 388. The zero-order valence-electron chi connectivity index (χ0n) is 8.94. The van der Waals surface area contributed by atoms with E-state index in [0.717, 1.165) is 0 Å². The fraction of sp³-hybridized carbons (Fsp3) is 0.364. The Morgan fingerprint density at radius 1 is 1.47 bits per heavy atom. The molecule has 0 aliphatic carbocycles. The number of nitrogens with zero attached hydrogens (tertiary/aromatic N) is 1. The molecular weight excluding hydrogens is 252 g/mol. The number of aldehydes is 1. The van der Waals surface area contributed by atoms with E-state index in [1.165, 1.54) is 17.0 Å². The molecule has 1 rings (SSSR count). The van der Waals surface area contributed by atoms with Crippen molar-refractivity contribution in [3.05, 3.63) is 28.8 Å². The van der Waals surface area contributed by atoms with Crippen LogP contribution in [0.25, 0.3) is 0 Å². The fourth-order valence-electron chi connectivity index (χ4n) is 1.52. The first-order valence-corrected chi connectivity index (χ1v) is 5.35. The lowest BCUT2D eigenvalue weighted by atomic mass is 10.1. The average molecular weight is 264 g/mol. The van der Waals surface area contributed by atoms with Crippen LogP contribution in [-0.4, -0.2) is 37.5 Å². The molecule has 0 saturated heterocycles. The van der Waals surface area contributed by atoms with Crippen molar-refractivity contribution in [2.24, 2.45) is 0 Å². The average Bonchev–Trinajstić information content (AvgIpc) is 2.27. The van der Waals surface area contributed by atoms with Gasteiger partial charge in [-0.2, -0.15) is 0 Å². The molecule has 94 valence electrons. The molecule has 1 N–H and O–H groups in total. The number of anilines is 1. The van der Waals surface area contributed by atoms with Gasteiger partial charge < -0.3 is 10.0 Å². The lowest BCUT2D eigenvalue weighted by molar-refractivity contribution is 0.112. The number of hydrogen-bond acceptors (Lipinski definition) is 3. The summed E-state index contributed by atoms with van der Waals surface area (Å²) in [7, 11) is 0. The Balaban J connectivity index is 3.08. The normalized spacial score (nSPS) is 10.6. The summed E-state index contributed by atoms with van der Waals surface area (Å²) in [6.45, 7) is -0.815. The monoisotopic (exact) mass is 263 g/mol. The largest absolute Gasteiger partial charge is 0.395 e. The van der Waals surface area contributed by atoms with Gasteiger partial charge in [-0.05, 0) is 12.1 Å². The van der Waals surface area contributed by atoms with Gasteiger partial charge in [0.1, 0.15) is 0 Å². The van der Waals surface area contributed by atoms with Gasteiger partial charge in [0.2, 0.25) is 0 Å². The van der Waals surface area contributed by atoms with Crippen molar-refractivity contribution in [2.75, 3.05) is 24.6 Å². The van der Waals surface area contributed by atoms with Gasteiger partial charge in [-0.15, -0.1) is 0 Å². The van der Waals surface area contributed by atoms with Crippen LogP contribution >= 0.6 is 11.6 Å². The summed E-state index contributed by atoms with van der Waals surface area (Å²) in [5.41, 5.74) is 0.463. The summed E-state index contributed by atoms with van der Waals surface area (Å²) in [6, 6.07) is 4.60. The quantitative estimate of drug-likeness (QED) is 0.800. The number of carbonyl (C=O) groups is 1. The Kier molecular flexibility index (Phi) is 5.31. The second-order valence-electron chi connectivity index (χ2n) is 3.35. The number of halogens is 3. The van der Waals surface area contributed by atoms with Crippen molar-refractivity contribution >= 4 is 23.6 Å². The van der Waals surface area contributed by atoms with Gasteiger partial charge in [-0.1, -0.05) is 17.7 Å². The van der Waals surface area contributed by atoms with Gasteiger partial charge in [0.15, 0.2) is 6.29 Å². The van der Waals surface area contributed by atoms with E-state index >= 15 is 0 Å². The Morgan fingerprint density at radius 2 is 2.18 bits per heavy atom. The number of alkyl halides is 2. The molecule has 1 aromatic carbocycles. The molecule has 3 nitrogen and oxygen atoms in total. The van der Waals surface area contributed by atoms with Gasteiger partial charge in [-0.3, -0.25) is 4.79 Å². The zero-order valence-corrected chi connectivity index (χ0v) is 9.70. The van der Waals surface area contributed by atoms with E-state index in [9.17, 15) is 13.6 Å². The third-order valence-corrected chi connectivity index (χ3v) is 2.55. The Morgan fingerprint density at radius 3 is 2.71 bits per heavy atom. The maximum atomic E-state index is 12.4. The number of aliphatic hydroxyl groups excluding tert-OH is 1. The van der Waals surface area contributed by atoms with Crippen molar-refractivity contribution in [3.63, 3.8) is 0 Å². The van der Waals surface area contributed by atoms with E-state index in [-0.39, 0.29) is 23.7 Å². The Labute approximate surface area is 103 Å². The van der Waals surface area contributed by atoms with Crippen LogP contribution in [0.5, 0.6) is 0 Å². The highest BCUT2D eigenvalue weighted by molar-refractivity contribution is 6.33. The maximum absolute atomic E-state index is 12.4. The minimum Gasteiger partial charge on any atom is -0.395 e. The van der Waals surface area contributed by atoms with Gasteiger partial charge in [-0.25, -0.2) is 8.78 Å². The molecule has 0 fully saturated rings. The predicted molar refractivity (Wildman–Crippen MR) is 62.1 cm³/mol. The predicted octanol–water partition coefficient (Wildman–Crippen LogP) is 2.22. The molecule has 1 aromatic rings. The molecule has 0 saturated carbocycles. The smallest absolute Gasteiger partial charge is 0.255 e. The number of benzene rings is 1. The second kappa shape index (κ2) is 6.51. The molecule has 0 heterocycles. The molecule has 0 bridgehead atoms. The highest BCUT2D eigenvalue weighted by Gasteiger charge is 2.16. The molecule has 0 radical (unpaired) electrons. The van der Waals surface area contributed by atoms with Gasteiger partial charge in [0.05, 0.1) is 23.7 Å². The fourth-order valence-corrected chi connectivity index (χ4v) is 1.73. The molecule has 6 heteroatoms. The van der Waals surface area contributed by atoms with Crippen LogP contribution < -0.4 is 4.90 Å². The van der Waals surface area contributed by atoms with Crippen molar-refractivity contribution in [3.8, 4) is 0 Å². The van der Waals surface area contributed by atoms with Gasteiger partial charge in [0.25, 0.3) is 6.43 Å². The molecule has 0 amide bonds. The van der Waals surface area contributed by atoms with Crippen molar-refractivity contribution < 1.29 is 18.7 Å². The summed E-state index contributed by atoms with van der Waals surface area (Å²) in [4.78, 5) is 12.1. The van der Waals surface area contributed by atoms with Crippen LogP contribution in [0.15, 0.2) is 18.2 Å². The SMILES string of the molecule is O=Cc1c(Cl)cccc1N(CCO)CC(F)F. The van der Waals surface area contributed by atoms with Gasteiger partial charge in [0, 0.05) is 12.2 Å². The summed E-state index contributed by atoms with van der Waals surface area (Å²) in [6.07, 6.45) is -2.03. The molecule has 0 aliphatic heterocycles. The van der Waals surface area contributed by atoms with E-state index in [1.807, 2.05) is 0 Å². The van der Waals surface area contributed by atoms with Gasteiger partial charge >= 0.3 is 0 Å². The number of rotatable bonds is 6. The molecule has 17 heavy (non-hydrogen) atoms. The first-order chi connectivity index (χ1) is 8.10. The molecule has 0 spiro atoms.